The first-order valence-corrected chi connectivity index (χ1v) is 7.14. The molecule has 0 radical (unpaired) electrons. The molecule has 0 amide bonds. The molecule has 0 saturated carbocycles. The lowest BCUT2D eigenvalue weighted by Crippen LogP contribution is -2.37. The third-order valence-corrected chi connectivity index (χ3v) is 4.37. The van der Waals surface area contributed by atoms with Crippen molar-refractivity contribution >= 4 is 38.3 Å². The van der Waals surface area contributed by atoms with E-state index in [4.69, 9.17) is 11.6 Å². The van der Waals surface area contributed by atoms with E-state index in [1.165, 1.54) is 17.4 Å². The molecule has 1 aliphatic heterocycles. The van der Waals surface area contributed by atoms with Gasteiger partial charge in [-0.3, -0.25) is 10.4 Å². The third kappa shape index (κ3) is 2.32. The molecule has 7 heteroatoms. The monoisotopic (exact) mass is 310 g/mol. The number of benzene rings is 1. The van der Waals surface area contributed by atoms with Gasteiger partial charge in [0.05, 0.1) is 4.70 Å². The largest absolute Gasteiger partial charge is 0.317 e. The smallest absolute Gasteiger partial charge is 0.189 e. The van der Waals surface area contributed by atoms with E-state index in [-0.39, 0.29) is 5.82 Å². The number of nitrogens with zero attached hydrogens (tertiary/aromatic N) is 2. The summed E-state index contributed by atoms with van der Waals surface area (Å²) >= 11 is 7.48. The molecule has 2 N–H and O–H groups in total. The first-order valence-electron chi connectivity index (χ1n) is 5.95. The second-order valence-electron chi connectivity index (χ2n) is 4.43. The summed E-state index contributed by atoms with van der Waals surface area (Å²) in [4.78, 5) is 4.26. The Hall–Kier alpha value is -1.79. The Kier molecular flexibility index (Phi) is 3.27. The molecular formula is C13H12ClFN4S. The first kappa shape index (κ1) is 13.2. The van der Waals surface area contributed by atoms with Crippen molar-refractivity contribution in [3.05, 3.63) is 46.6 Å². The number of nitrogens with one attached hydrogen (secondary N) is 2. The lowest BCUT2D eigenvalue weighted by Gasteiger charge is -2.27. The summed E-state index contributed by atoms with van der Waals surface area (Å²) in [7, 11) is 1.82. The van der Waals surface area contributed by atoms with E-state index in [0.29, 0.717) is 15.8 Å². The van der Waals surface area contributed by atoms with Crippen LogP contribution in [-0.2, 0) is 0 Å². The third-order valence-electron chi connectivity index (χ3n) is 2.88. The highest BCUT2D eigenvalue weighted by molar-refractivity contribution is 7.22. The summed E-state index contributed by atoms with van der Waals surface area (Å²) in [5, 5.41) is 6.09. The standard InChI is InChI=1S/C13H12ClFN4S/c1-7-6-10(18-19(2)12(7)14)16-13-17-11-8(15)4-3-5-9(11)20-13/h3-6,18H,1-2H3,(H,16,17). The maximum absolute atomic E-state index is 13.6. The van der Waals surface area contributed by atoms with Gasteiger partial charge < -0.3 is 5.32 Å². The number of halogens is 2. The zero-order chi connectivity index (χ0) is 14.3. The highest BCUT2D eigenvalue weighted by Crippen LogP contribution is 2.29. The summed E-state index contributed by atoms with van der Waals surface area (Å²) in [6.45, 7) is 1.92. The fourth-order valence-corrected chi connectivity index (χ4v) is 2.94. The summed E-state index contributed by atoms with van der Waals surface area (Å²) in [5.41, 5.74) is 4.39. The van der Waals surface area contributed by atoms with Gasteiger partial charge in [-0.2, -0.15) is 0 Å². The van der Waals surface area contributed by atoms with Crippen LogP contribution in [0, 0.1) is 5.82 Å². The molecule has 1 aromatic heterocycles. The molecule has 1 aliphatic rings. The number of hydrogen-bond donors (Lipinski definition) is 2. The highest BCUT2D eigenvalue weighted by atomic mass is 35.5. The molecule has 0 aliphatic carbocycles. The molecule has 0 atom stereocenters. The van der Waals surface area contributed by atoms with Crippen LogP contribution in [-0.4, -0.2) is 17.0 Å². The number of aromatic nitrogens is 1. The van der Waals surface area contributed by atoms with Crippen LogP contribution in [0.1, 0.15) is 6.92 Å². The predicted molar refractivity (Wildman–Crippen MR) is 80.7 cm³/mol. The van der Waals surface area contributed by atoms with Crippen molar-refractivity contribution in [3.63, 3.8) is 0 Å². The van der Waals surface area contributed by atoms with Crippen LogP contribution in [0.4, 0.5) is 9.52 Å². The van der Waals surface area contributed by atoms with Gasteiger partial charge in [0, 0.05) is 7.05 Å². The Morgan fingerprint density at radius 2 is 2.25 bits per heavy atom. The van der Waals surface area contributed by atoms with Crippen LogP contribution in [0.3, 0.4) is 0 Å². The van der Waals surface area contributed by atoms with Crippen LogP contribution in [0.25, 0.3) is 10.2 Å². The van der Waals surface area contributed by atoms with Gasteiger partial charge in [-0.25, -0.2) is 9.37 Å². The molecule has 0 bridgehead atoms. The van der Waals surface area contributed by atoms with Gasteiger partial charge in [0.1, 0.15) is 22.3 Å². The summed E-state index contributed by atoms with van der Waals surface area (Å²) in [5.74, 6) is 0.433. The van der Waals surface area contributed by atoms with Crippen molar-refractivity contribution in [2.24, 2.45) is 0 Å². The molecule has 0 fully saturated rings. The number of para-hydroxylation sites is 1. The van der Waals surface area contributed by atoms with Crippen LogP contribution in [0.2, 0.25) is 0 Å². The first-order chi connectivity index (χ1) is 9.54. The molecule has 2 aromatic rings. The maximum atomic E-state index is 13.6. The van der Waals surface area contributed by atoms with Gasteiger partial charge in [-0.15, -0.1) is 0 Å². The molecule has 2 heterocycles. The minimum atomic E-state index is -0.311. The van der Waals surface area contributed by atoms with Crippen molar-refractivity contribution in [3.8, 4) is 0 Å². The SMILES string of the molecule is CC1=C(Cl)N(C)NC(Nc2nc3c(F)cccc3s2)=C1. The number of hydrogen-bond acceptors (Lipinski definition) is 5. The molecular weight excluding hydrogens is 299 g/mol. The molecule has 0 saturated heterocycles. The normalized spacial score (nSPS) is 15.4. The number of fused-ring (bicyclic) bond motifs is 1. The minimum Gasteiger partial charge on any atom is -0.317 e. The van der Waals surface area contributed by atoms with E-state index in [1.807, 2.05) is 26.1 Å². The average Bonchev–Trinajstić information content (AvgIpc) is 2.80. The highest BCUT2D eigenvalue weighted by Gasteiger charge is 2.15. The summed E-state index contributed by atoms with van der Waals surface area (Å²) in [6.07, 6.45) is 1.88. The van der Waals surface area contributed by atoms with Crippen molar-refractivity contribution in [2.45, 2.75) is 6.92 Å². The summed E-state index contributed by atoms with van der Waals surface area (Å²) < 4.78 is 14.4. The fourth-order valence-electron chi connectivity index (χ4n) is 1.95. The van der Waals surface area contributed by atoms with Crippen molar-refractivity contribution in [1.82, 2.24) is 15.4 Å². The van der Waals surface area contributed by atoms with E-state index in [9.17, 15) is 4.39 Å². The van der Waals surface area contributed by atoms with Gasteiger partial charge in [0.15, 0.2) is 5.13 Å². The van der Waals surface area contributed by atoms with Crippen LogP contribution in [0.15, 0.2) is 40.8 Å². The van der Waals surface area contributed by atoms with Gasteiger partial charge >= 0.3 is 0 Å². The molecule has 3 rings (SSSR count). The van der Waals surface area contributed by atoms with Gasteiger partial charge in [-0.05, 0) is 30.7 Å². The lowest BCUT2D eigenvalue weighted by molar-refractivity contribution is 0.351. The van der Waals surface area contributed by atoms with Crippen LogP contribution >= 0.6 is 22.9 Å². The maximum Gasteiger partial charge on any atom is 0.189 e. The Morgan fingerprint density at radius 3 is 2.95 bits per heavy atom. The van der Waals surface area contributed by atoms with Crippen molar-refractivity contribution in [1.29, 1.82) is 0 Å². The second kappa shape index (κ2) is 4.96. The van der Waals surface area contributed by atoms with Crippen LogP contribution in [0.5, 0.6) is 0 Å². The molecule has 20 heavy (non-hydrogen) atoms. The number of thiazole rings is 1. The lowest BCUT2D eigenvalue weighted by atomic mass is 10.3. The Bertz CT molecular complexity index is 737. The van der Waals surface area contributed by atoms with Crippen LogP contribution < -0.4 is 10.7 Å². The zero-order valence-electron chi connectivity index (χ0n) is 10.9. The quantitative estimate of drug-likeness (QED) is 0.831. The topological polar surface area (TPSA) is 40.2 Å². The van der Waals surface area contributed by atoms with Gasteiger partial charge in [0.25, 0.3) is 0 Å². The minimum absolute atomic E-state index is 0.311. The van der Waals surface area contributed by atoms with Crippen molar-refractivity contribution in [2.75, 3.05) is 12.4 Å². The zero-order valence-corrected chi connectivity index (χ0v) is 12.4. The molecule has 104 valence electrons. The Balaban J connectivity index is 1.91. The predicted octanol–water partition coefficient (Wildman–Crippen LogP) is 3.61. The Morgan fingerprint density at radius 1 is 1.45 bits per heavy atom. The van der Waals surface area contributed by atoms with E-state index in [1.54, 1.807) is 11.1 Å². The molecule has 4 nitrogen and oxygen atoms in total. The summed E-state index contributed by atoms with van der Waals surface area (Å²) in [6, 6.07) is 4.93. The average molecular weight is 311 g/mol. The van der Waals surface area contributed by atoms with E-state index in [0.717, 1.165) is 16.1 Å². The second-order valence-corrected chi connectivity index (χ2v) is 5.82. The number of rotatable bonds is 2. The van der Waals surface area contributed by atoms with E-state index in [2.05, 4.69) is 15.7 Å². The number of anilines is 1. The van der Waals surface area contributed by atoms with E-state index >= 15 is 0 Å². The molecule has 0 unspecified atom stereocenters. The van der Waals surface area contributed by atoms with Gasteiger partial charge in [-0.1, -0.05) is 29.0 Å². The number of hydrazine groups is 1. The van der Waals surface area contributed by atoms with Crippen molar-refractivity contribution < 1.29 is 4.39 Å². The molecule has 0 spiro atoms. The number of allylic oxidation sites excluding steroid dienone is 2. The fraction of sp³-hybridized carbons (Fsp3) is 0.154. The molecule has 1 aromatic carbocycles. The van der Waals surface area contributed by atoms with E-state index < -0.39 is 0 Å². The van der Waals surface area contributed by atoms with Gasteiger partial charge in [0.2, 0.25) is 0 Å². The Labute approximate surface area is 124 Å².